The van der Waals surface area contributed by atoms with Crippen molar-refractivity contribution in [3.8, 4) is 0 Å². The molecule has 1 aliphatic carbocycles. The molecule has 0 unspecified atom stereocenters. The largest absolute Gasteiger partial charge is 0.345 e. The van der Waals surface area contributed by atoms with E-state index in [4.69, 9.17) is 0 Å². The molecule has 3 aromatic carbocycles. The van der Waals surface area contributed by atoms with Crippen LogP contribution in [0.2, 0.25) is 0 Å². The summed E-state index contributed by atoms with van der Waals surface area (Å²) in [6, 6.07) is 27.9. The first-order valence-electron chi connectivity index (χ1n) is 13.0. The summed E-state index contributed by atoms with van der Waals surface area (Å²) in [5, 5.41) is 0. The number of hydrogen-bond acceptors (Lipinski definition) is 2. The molecule has 0 N–H and O–H groups in total. The minimum Gasteiger partial charge on any atom is -0.345 e. The third-order valence-corrected chi connectivity index (χ3v) is 7.07. The monoisotopic (exact) mass is 509 g/mol. The lowest BCUT2D eigenvalue weighted by molar-refractivity contribution is -0.133. The second kappa shape index (κ2) is 11.5. The lowest BCUT2D eigenvalue weighted by Gasteiger charge is -2.28. The van der Waals surface area contributed by atoms with Gasteiger partial charge in [0.2, 0.25) is 5.91 Å². The summed E-state index contributed by atoms with van der Waals surface area (Å²) < 4.78 is 16.0. The van der Waals surface area contributed by atoms with Gasteiger partial charge >= 0.3 is 0 Å². The molecule has 2 amide bonds. The molecule has 0 saturated heterocycles. The number of aromatic nitrogens is 1. The summed E-state index contributed by atoms with van der Waals surface area (Å²) in [6.07, 6.45) is 3.75. The maximum Gasteiger partial charge on any atom is 0.254 e. The Morgan fingerprint density at radius 1 is 0.895 bits per heavy atom. The third kappa shape index (κ3) is 6.20. The number of rotatable bonds is 10. The van der Waals surface area contributed by atoms with Gasteiger partial charge in [0.05, 0.1) is 6.54 Å². The molecule has 5 rings (SSSR count). The van der Waals surface area contributed by atoms with Gasteiger partial charge in [0.15, 0.2) is 0 Å². The summed E-state index contributed by atoms with van der Waals surface area (Å²) in [5.74, 6) is -0.893. The Morgan fingerprint density at radius 3 is 2.39 bits per heavy atom. The molecule has 1 aromatic heterocycles. The first-order chi connectivity index (χ1) is 18.5. The number of carbonyl (C=O) groups is 2. The number of aryl methyl sites for hydroxylation is 1. The molecule has 38 heavy (non-hydrogen) atoms. The van der Waals surface area contributed by atoms with E-state index >= 15 is 0 Å². The Morgan fingerprint density at radius 2 is 1.66 bits per heavy atom. The van der Waals surface area contributed by atoms with Gasteiger partial charge in [-0.15, -0.1) is 0 Å². The van der Waals surface area contributed by atoms with E-state index in [-0.39, 0.29) is 30.0 Å². The molecule has 0 spiro atoms. The Kier molecular flexibility index (Phi) is 7.68. The van der Waals surface area contributed by atoms with E-state index in [1.54, 1.807) is 11.0 Å². The lowest BCUT2D eigenvalue weighted by Crippen LogP contribution is -2.43. The Labute approximate surface area is 223 Å². The maximum atomic E-state index is 13.8. The van der Waals surface area contributed by atoms with Crippen LogP contribution >= 0.6 is 0 Å². The van der Waals surface area contributed by atoms with E-state index in [2.05, 4.69) is 23.6 Å². The predicted molar refractivity (Wildman–Crippen MR) is 146 cm³/mol. The first kappa shape index (κ1) is 25.5. The van der Waals surface area contributed by atoms with Gasteiger partial charge in [-0.1, -0.05) is 60.7 Å². The van der Waals surface area contributed by atoms with Crippen molar-refractivity contribution in [2.24, 2.45) is 0 Å². The van der Waals surface area contributed by atoms with Gasteiger partial charge in [0.25, 0.3) is 5.91 Å². The summed E-state index contributed by atoms with van der Waals surface area (Å²) >= 11 is 0. The molecule has 6 heteroatoms. The molecule has 0 bridgehead atoms. The molecule has 1 heterocycles. The molecule has 0 radical (unpaired) electrons. The number of amides is 2. The average molecular weight is 510 g/mol. The number of carbonyl (C=O) groups excluding carboxylic acids is 2. The standard InChI is InChI=1S/C32H32FN3O2/c1-24-9-5-6-12-27(24)21-34-18-8-15-30(34)22-35(20-25-10-3-2-4-11-25)31(37)23-36(29-16-17-29)32(38)26-13-7-14-28(33)19-26/h2-15,18-19,29H,16-17,20-23H2,1H3. The molecule has 1 aliphatic rings. The molecule has 194 valence electrons. The van der Waals surface area contributed by atoms with Crippen LogP contribution in [0, 0.1) is 12.7 Å². The summed E-state index contributed by atoms with van der Waals surface area (Å²) in [7, 11) is 0. The van der Waals surface area contributed by atoms with Crippen LogP contribution in [0.4, 0.5) is 4.39 Å². The highest BCUT2D eigenvalue weighted by molar-refractivity contribution is 5.97. The molecule has 1 fully saturated rings. The Hall–Kier alpha value is -4.19. The average Bonchev–Trinajstić information content (AvgIpc) is 3.68. The fourth-order valence-electron chi connectivity index (χ4n) is 4.74. The number of hydrogen-bond donors (Lipinski definition) is 0. The number of benzene rings is 3. The van der Waals surface area contributed by atoms with Crippen LogP contribution in [0.25, 0.3) is 0 Å². The van der Waals surface area contributed by atoms with Crippen LogP contribution in [0.1, 0.15) is 45.6 Å². The van der Waals surface area contributed by atoms with Crippen LogP contribution in [-0.4, -0.2) is 38.8 Å². The molecule has 0 aliphatic heterocycles. The summed E-state index contributed by atoms with van der Waals surface area (Å²) in [5.41, 5.74) is 4.76. The van der Waals surface area contributed by atoms with Gasteiger partial charge in [0.1, 0.15) is 12.4 Å². The third-order valence-electron chi connectivity index (χ3n) is 7.07. The van der Waals surface area contributed by atoms with Crippen molar-refractivity contribution in [3.63, 3.8) is 0 Å². The van der Waals surface area contributed by atoms with Crippen LogP contribution < -0.4 is 0 Å². The van der Waals surface area contributed by atoms with Crippen molar-refractivity contribution in [2.45, 2.75) is 45.4 Å². The smallest absolute Gasteiger partial charge is 0.254 e. The van der Waals surface area contributed by atoms with Crippen LogP contribution in [0.3, 0.4) is 0 Å². The van der Waals surface area contributed by atoms with E-state index in [0.717, 1.165) is 24.1 Å². The second-order valence-electron chi connectivity index (χ2n) is 9.96. The predicted octanol–water partition coefficient (Wildman–Crippen LogP) is 5.82. The minimum absolute atomic E-state index is 0.0122. The normalized spacial score (nSPS) is 12.8. The van der Waals surface area contributed by atoms with Crippen LogP contribution in [0.5, 0.6) is 0 Å². The highest BCUT2D eigenvalue weighted by atomic mass is 19.1. The van der Waals surface area contributed by atoms with Gasteiger partial charge in [-0.2, -0.15) is 0 Å². The fourth-order valence-corrected chi connectivity index (χ4v) is 4.74. The Bertz CT molecular complexity index is 1410. The zero-order valence-electron chi connectivity index (χ0n) is 21.6. The van der Waals surface area contributed by atoms with Crippen LogP contribution in [0.15, 0.2) is 97.2 Å². The van der Waals surface area contributed by atoms with E-state index < -0.39 is 5.82 Å². The zero-order valence-corrected chi connectivity index (χ0v) is 21.6. The summed E-state index contributed by atoms with van der Waals surface area (Å²) in [6.45, 7) is 3.63. The van der Waals surface area contributed by atoms with E-state index in [1.165, 1.54) is 29.3 Å². The molecule has 0 atom stereocenters. The minimum atomic E-state index is -0.460. The topological polar surface area (TPSA) is 45.6 Å². The highest BCUT2D eigenvalue weighted by Crippen LogP contribution is 2.29. The highest BCUT2D eigenvalue weighted by Gasteiger charge is 2.35. The molecular formula is C32H32FN3O2. The quantitative estimate of drug-likeness (QED) is 0.271. The number of nitrogens with zero attached hydrogens (tertiary/aromatic N) is 3. The first-order valence-corrected chi connectivity index (χ1v) is 13.0. The molecular weight excluding hydrogens is 477 g/mol. The molecule has 1 saturated carbocycles. The van der Waals surface area contributed by atoms with Crippen molar-refractivity contribution in [2.75, 3.05) is 6.54 Å². The van der Waals surface area contributed by atoms with E-state index in [1.807, 2.05) is 65.7 Å². The van der Waals surface area contributed by atoms with Gasteiger partial charge in [-0.25, -0.2) is 4.39 Å². The Balaban J connectivity index is 1.38. The van der Waals surface area contributed by atoms with Crippen molar-refractivity contribution >= 4 is 11.8 Å². The van der Waals surface area contributed by atoms with Crippen molar-refractivity contribution in [1.29, 1.82) is 0 Å². The van der Waals surface area contributed by atoms with Crippen molar-refractivity contribution in [1.82, 2.24) is 14.4 Å². The number of halogens is 1. The van der Waals surface area contributed by atoms with E-state index in [0.29, 0.717) is 19.6 Å². The maximum absolute atomic E-state index is 13.8. The van der Waals surface area contributed by atoms with Crippen molar-refractivity contribution < 1.29 is 14.0 Å². The van der Waals surface area contributed by atoms with Gasteiger partial charge in [-0.3, -0.25) is 9.59 Å². The molecule has 4 aromatic rings. The van der Waals surface area contributed by atoms with E-state index in [9.17, 15) is 14.0 Å². The van der Waals surface area contributed by atoms with Crippen LogP contribution in [-0.2, 0) is 24.4 Å². The zero-order chi connectivity index (χ0) is 26.5. The second-order valence-corrected chi connectivity index (χ2v) is 9.96. The lowest BCUT2D eigenvalue weighted by atomic mass is 10.1. The van der Waals surface area contributed by atoms with Gasteiger partial charge in [-0.05, 0) is 66.8 Å². The SMILES string of the molecule is Cc1ccccc1Cn1cccc1CN(Cc1ccccc1)C(=O)CN(C(=O)c1cccc(F)c1)C1CC1. The van der Waals surface area contributed by atoms with Gasteiger partial charge in [0, 0.05) is 36.6 Å². The molecule has 5 nitrogen and oxygen atoms in total. The van der Waals surface area contributed by atoms with Crippen molar-refractivity contribution in [3.05, 3.63) is 131 Å². The van der Waals surface area contributed by atoms with Gasteiger partial charge < -0.3 is 14.4 Å². The summed E-state index contributed by atoms with van der Waals surface area (Å²) in [4.78, 5) is 30.5. The fraction of sp³-hybridized carbons (Fsp3) is 0.250.